The number of aromatic nitrogens is 1. The number of ether oxygens (including phenoxy) is 1. The highest BCUT2D eigenvalue weighted by molar-refractivity contribution is 5.88. The van der Waals surface area contributed by atoms with Gasteiger partial charge < -0.3 is 15.0 Å². The maximum absolute atomic E-state index is 11.9. The molecular weight excluding hydrogens is 268 g/mol. The fourth-order valence-corrected chi connectivity index (χ4v) is 2.49. The highest BCUT2D eigenvalue weighted by Gasteiger charge is 2.33. The second-order valence-corrected chi connectivity index (χ2v) is 5.42. The molecule has 110 valence electrons. The Labute approximate surface area is 122 Å². The van der Waals surface area contributed by atoms with Crippen molar-refractivity contribution in [2.24, 2.45) is 5.92 Å². The first kappa shape index (κ1) is 13.7. The summed E-state index contributed by atoms with van der Waals surface area (Å²) in [6, 6.07) is 7.25. The van der Waals surface area contributed by atoms with Gasteiger partial charge in [0.05, 0.1) is 7.11 Å². The molecule has 3 rings (SSSR count). The molecule has 21 heavy (non-hydrogen) atoms. The third-order valence-electron chi connectivity index (χ3n) is 3.85. The van der Waals surface area contributed by atoms with E-state index in [1.807, 2.05) is 30.5 Å². The van der Waals surface area contributed by atoms with Gasteiger partial charge in [-0.2, -0.15) is 0 Å². The van der Waals surface area contributed by atoms with Crippen LogP contribution in [0.4, 0.5) is 0 Å². The molecule has 1 aromatic carbocycles. The van der Waals surface area contributed by atoms with Crippen LogP contribution in [0, 0.1) is 5.92 Å². The number of amides is 1. The van der Waals surface area contributed by atoms with Crippen LogP contribution in [0.25, 0.3) is 10.9 Å². The number of aromatic amines is 1. The van der Waals surface area contributed by atoms with E-state index in [0.29, 0.717) is 6.42 Å². The summed E-state index contributed by atoms with van der Waals surface area (Å²) in [7, 11) is 1.34. The number of para-hydroxylation sites is 1. The molecule has 1 saturated carbocycles. The summed E-state index contributed by atoms with van der Waals surface area (Å²) in [5.74, 6) is -0.389. The average Bonchev–Trinajstić information content (AvgIpc) is 3.28. The number of hydrogen-bond acceptors (Lipinski definition) is 3. The van der Waals surface area contributed by atoms with E-state index in [-0.39, 0.29) is 11.8 Å². The number of hydrogen-bond donors (Lipinski definition) is 2. The molecule has 1 aliphatic rings. The van der Waals surface area contributed by atoms with Crippen LogP contribution in [0.15, 0.2) is 30.5 Å². The van der Waals surface area contributed by atoms with Gasteiger partial charge in [-0.15, -0.1) is 0 Å². The van der Waals surface area contributed by atoms with Gasteiger partial charge in [0.15, 0.2) is 0 Å². The molecule has 1 heterocycles. The Morgan fingerprint density at radius 3 is 2.86 bits per heavy atom. The van der Waals surface area contributed by atoms with E-state index in [9.17, 15) is 9.59 Å². The molecule has 0 saturated heterocycles. The average molecular weight is 286 g/mol. The Bertz CT molecular complexity index is 673. The van der Waals surface area contributed by atoms with Gasteiger partial charge in [0.2, 0.25) is 5.91 Å². The van der Waals surface area contributed by atoms with Crippen molar-refractivity contribution in [3.8, 4) is 0 Å². The van der Waals surface area contributed by atoms with Crippen LogP contribution >= 0.6 is 0 Å². The molecule has 0 radical (unpaired) electrons. The second kappa shape index (κ2) is 5.60. The number of nitrogens with one attached hydrogen (secondary N) is 2. The minimum Gasteiger partial charge on any atom is -0.467 e. The maximum Gasteiger partial charge on any atom is 0.328 e. The van der Waals surface area contributed by atoms with E-state index in [4.69, 9.17) is 4.74 Å². The highest BCUT2D eigenvalue weighted by atomic mass is 16.5. The zero-order chi connectivity index (χ0) is 14.8. The van der Waals surface area contributed by atoms with Crippen molar-refractivity contribution < 1.29 is 14.3 Å². The largest absolute Gasteiger partial charge is 0.467 e. The molecule has 2 N–H and O–H groups in total. The van der Waals surface area contributed by atoms with Gasteiger partial charge in [0.1, 0.15) is 6.04 Å². The van der Waals surface area contributed by atoms with Crippen LogP contribution in [0.1, 0.15) is 18.4 Å². The summed E-state index contributed by atoms with van der Waals surface area (Å²) in [5, 5.41) is 3.87. The summed E-state index contributed by atoms with van der Waals surface area (Å²) in [6.45, 7) is 0. The van der Waals surface area contributed by atoms with E-state index in [0.717, 1.165) is 29.3 Å². The summed E-state index contributed by atoms with van der Waals surface area (Å²) in [4.78, 5) is 27.0. The van der Waals surface area contributed by atoms with Crippen LogP contribution in [0.5, 0.6) is 0 Å². The van der Waals surface area contributed by atoms with Gasteiger partial charge in [-0.25, -0.2) is 4.79 Å². The molecular formula is C16H18N2O3. The number of carbonyl (C=O) groups is 2. The molecule has 1 amide bonds. The predicted octanol–water partition coefficient (Wildman–Crippen LogP) is 1.78. The lowest BCUT2D eigenvalue weighted by Crippen LogP contribution is -2.43. The van der Waals surface area contributed by atoms with Crippen LogP contribution in [0.2, 0.25) is 0 Å². The SMILES string of the molecule is COC(=O)[C@@H](Cc1c[nH]c2ccccc12)NC(=O)C1CC1. The monoisotopic (exact) mass is 286 g/mol. The fraction of sp³-hybridized carbons (Fsp3) is 0.375. The zero-order valence-electron chi connectivity index (χ0n) is 11.9. The molecule has 2 aromatic rings. The highest BCUT2D eigenvalue weighted by Crippen LogP contribution is 2.29. The summed E-state index contributed by atoms with van der Waals surface area (Å²) in [6.07, 6.45) is 4.12. The van der Waals surface area contributed by atoms with Gasteiger partial charge in [-0.3, -0.25) is 4.79 Å². The molecule has 0 spiro atoms. The summed E-state index contributed by atoms with van der Waals surface area (Å²) >= 11 is 0. The molecule has 1 aromatic heterocycles. The Kier molecular flexibility index (Phi) is 3.64. The standard InChI is InChI=1S/C16H18N2O3/c1-21-16(20)14(18-15(19)10-6-7-10)8-11-9-17-13-5-3-2-4-12(11)13/h2-5,9-10,14,17H,6-8H2,1H3,(H,18,19)/t14-/m1/s1. The van der Waals surface area contributed by atoms with E-state index < -0.39 is 12.0 Å². The first-order valence-corrected chi connectivity index (χ1v) is 7.12. The van der Waals surface area contributed by atoms with Gasteiger partial charge >= 0.3 is 5.97 Å². The molecule has 5 nitrogen and oxygen atoms in total. The van der Waals surface area contributed by atoms with Crippen molar-refractivity contribution in [1.29, 1.82) is 0 Å². The first-order chi connectivity index (χ1) is 10.2. The summed E-state index contributed by atoms with van der Waals surface area (Å²) in [5.41, 5.74) is 2.02. The Balaban J connectivity index is 1.79. The van der Waals surface area contributed by atoms with E-state index >= 15 is 0 Å². The lowest BCUT2D eigenvalue weighted by molar-refractivity contribution is -0.145. The topological polar surface area (TPSA) is 71.2 Å². The third-order valence-corrected chi connectivity index (χ3v) is 3.85. The van der Waals surface area contributed by atoms with Crippen LogP contribution in [-0.2, 0) is 20.7 Å². The normalized spacial score (nSPS) is 15.7. The minimum atomic E-state index is -0.637. The molecule has 0 bridgehead atoms. The quantitative estimate of drug-likeness (QED) is 0.823. The lowest BCUT2D eigenvalue weighted by Gasteiger charge is -2.16. The van der Waals surface area contributed by atoms with Gasteiger partial charge in [-0.1, -0.05) is 18.2 Å². The number of fused-ring (bicyclic) bond motifs is 1. The Hall–Kier alpha value is -2.30. The number of methoxy groups -OCH3 is 1. The van der Waals surface area contributed by atoms with Crippen molar-refractivity contribution in [3.63, 3.8) is 0 Å². The van der Waals surface area contributed by atoms with Crippen molar-refractivity contribution in [3.05, 3.63) is 36.0 Å². The summed E-state index contributed by atoms with van der Waals surface area (Å²) < 4.78 is 4.81. The molecule has 0 aliphatic heterocycles. The zero-order valence-corrected chi connectivity index (χ0v) is 11.9. The van der Waals surface area contributed by atoms with Gasteiger partial charge in [0, 0.05) is 29.4 Å². The van der Waals surface area contributed by atoms with Gasteiger partial charge in [0.25, 0.3) is 0 Å². The Morgan fingerprint density at radius 2 is 2.14 bits per heavy atom. The van der Waals surface area contributed by atoms with Crippen molar-refractivity contribution in [1.82, 2.24) is 10.3 Å². The number of esters is 1. The predicted molar refractivity (Wildman–Crippen MR) is 78.7 cm³/mol. The third kappa shape index (κ3) is 2.91. The molecule has 1 aliphatic carbocycles. The first-order valence-electron chi connectivity index (χ1n) is 7.12. The lowest BCUT2D eigenvalue weighted by atomic mass is 10.0. The Morgan fingerprint density at radius 1 is 1.38 bits per heavy atom. The number of H-pyrrole nitrogens is 1. The number of benzene rings is 1. The van der Waals surface area contributed by atoms with Crippen molar-refractivity contribution in [2.45, 2.75) is 25.3 Å². The van der Waals surface area contributed by atoms with Gasteiger partial charge in [-0.05, 0) is 24.5 Å². The number of rotatable bonds is 5. The minimum absolute atomic E-state index is 0.0507. The fourth-order valence-electron chi connectivity index (χ4n) is 2.49. The molecule has 1 atom stereocenters. The van der Waals surface area contributed by atoms with Crippen molar-refractivity contribution >= 4 is 22.8 Å². The maximum atomic E-state index is 11.9. The van der Waals surface area contributed by atoms with Crippen LogP contribution in [-0.4, -0.2) is 30.0 Å². The molecule has 0 unspecified atom stereocenters. The smallest absolute Gasteiger partial charge is 0.328 e. The second-order valence-electron chi connectivity index (χ2n) is 5.42. The van der Waals surface area contributed by atoms with Crippen LogP contribution in [0.3, 0.4) is 0 Å². The van der Waals surface area contributed by atoms with E-state index in [2.05, 4.69) is 10.3 Å². The molecule has 5 heteroatoms. The number of carbonyl (C=O) groups excluding carboxylic acids is 2. The van der Waals surface area contributed by atoms with Crippen molar-refractivity contribution in [2.75, 3.05) is 7.11 Å². The van der Waals surface area contributed by atoms with Crippen LogP contribution < -0.4 is 5.32 Å². The van der Waals surface area contributed by atoms with E-state index in [1.165, 1.54) is 7.11 Å². The van der Waals surface area contributed by atoms with E-state index in [1.54, 1.807) is 0 Å². The molecule has 1 fully saturated rings.